The average molecular weight is 393 g/mol. The van der Waals surface area contributed by atoms with Crippen molar-refractivity contribution in [2.24, 2.45) is 0 Å². The number of hydrogen-bond acceptors (Lipinski definition) is 4. The summed E-state index contributed by atoms with van der Waals surface area (Å²) in [5, 5.41) is 4.07. The molecule has 0 N–H and O–H groups in total. The average Bonchev–Trinajstić information content (AvgIpc) is 3.22. The molecule has 2 aromatic carbocycles. The van der Waals surface area contributed by atoms with Crippen LogP contribution in [0.15, 0.2) is 53.1 Å². The summed E-state index contributed by atoms with van der Waals surface area (Å²) in [5.74, 6) is 0.00652. The number of carbonyl (C=O) groups excluding carboxylic acids is 1. The summed E-state index contributed by atoms with van der Waals surface area (Å²) in [4.78, 5) is 19.4. The van der Waals surface area contributed by atoms with Gasteiger partial charge in [-0.15, -0.1) is 0 Å². The van der Waals surface area contributed by atoms with E-state index in [9.17, 15) is 9.18 Å². The van der Waals surface area contributed by atoms with Crippen LogP contribution in [0.3, 0.4) is 0 Å². The third-order valence-electron chi connectivity index (χ3n) is 5.46. The molecule has 0 unspecified atom stereocenters. The highest BCUT2D eigenvalue weighted by Crippen LogP contribution is 2.26. The largest absolute Gasteiger partial charge is 0.337 e. The Morgan fingerprint density at radius 3 is 2.55 bits per heavy atom. The minimum Gasteiger partial charge on any atom is -0.337 e. The monoisotopic (exact) mass is 393 g/mol. The minimum absolute atomic E-state index is 0.0468. The Morgan fingerprint density at radius 2 is 1.83 bits per heavy atom. The lowest BCUT2D eigenvalue weighted by Crippen LogP contribution is -2.41. The van der Waals surface area contributed by atoms with E-state index in [2.05, 4.69) is 10.1 Å². The molecule has 150 valence electrons. The summed E-state index contributed by atoms with van der Waals surface area (Å²) < 4.78 is 19.7. The van der Waals surface area contributed by atoms with Crippen molar-refractivity contribution in [3.05, 3.63) is 71.4 Å². The van der Waals surface area contributed by atoms with Crippen molar-refractivity contribution in [1.82, 2.24) is 15.0 Å². The van der Waals surface area contributed by atoms with Crippen LogP contribution in [0.25, 0.3) is 11.4 Å². The molecule has 0 bridgehead atoms. The van der Waals surface area contributed by atoms with Gasteiger partial charge < -0.3 is 9.42 Å². The summed E-state index contributed by atoms with van der Waals surface area (Å²) in [6.07, 6.45) is 5.09. The molecule has 1 aliphatic carbocycles. The van der Waals surface area contributed by atoms with Gasteiger partial charge in [0.25, 0.3) is 5.91 Å². The van der Waals surface area contributed by atoms with Gasteiger partial charge in [0.05, 0.1) is 5.56 Å². The van der Waals surface area contributed by atoms with E-state index in [0.717, 1.165) is 43.2 Å². The fourth-order valence-corrected chi connectivity index (χ4v) is 3.83. The normalized spacial score (nSPS) is 14.7. The van der Waals surface area contributed by atoms with Crippen LogP contribution < -0.4 is 0 Å². The van der Waals surface area contributed by atoms with Crippen LogP contribution in [0.1, 0.15) is 53.9 Å². The SMILES string of the molecule is Cc1ccc(-c2noc(CN(C(=O)c3ccccc3F)C3CCCCC3)n2)cc1. The number of benzene rings is 2. The van der Waals surface area contributed by atoms with Gasteiger partial charge >= 0.3 is 0 Å². The first-order chi connectivity index (χ1) is 14.1. The van der Waals surface area contributed by atoms with Crippen molar-refractivity contribution in [2.75, 3.05) is 0 Å². The van der Waals surface area contributed by atoms with Gasteiger partial charge in [0.2, 0.25) is 11.7 Å². The van der Waals surface area contributed by atoms with Gasteiger partial charge in [0.15, 0.2) is 0 Å². The Bertz CT molecular complexity index is 978. The first-order valence-electron chi connectivity index (χ1n) is 10.1. The van der Waals surface area contributed by atoms with Gasteiger partial charge in [-0.25, -0.2) is 4.39 Å². The molecule has 0 spiro atoms. The fraction of sp³-hybridized carbons (Fsp3) is 0.348. The second kappa shape index (κ2) is 8.55. The highest BCUT2D eigenvalue weighted by Gasteiger charge is 2.29. The number of amides is 1. The number of hydrogen-bond donors (Lipinski definition) is 0. The molecule has 0 aliphatic heterocycles. The van der Waals surface area contributed by atoms with E-state index >= 15 is 0 Å². The van der Waals surface area contributed by atoms with Crippen LogP contribution >= 0.6 is 0 Å². The molecule has 1 aliphatic rings. The van der Waals surface area contributed by atoms with E-state index in [0.29, 0.717) is 11.7 Å². The lowest BCUT2D eigenvalue weighted by Gasteiger charge is -2.33. The molecule has 4 rings (SSSR count). The van der Waals surface area contributed by atoms with Crippen molar-refractivity contribution in [2.45, 2.75) is 51.6 Å². The number of halogens is 1. The van der Waals surface area contributed by atoms with Crippen molar-refractivity contribution in [1.29, 1.82) is 0 Å². The fourth-order valence-electron chi connectivity index (χ4n) is 3.83. The summed E-state index contributed by atoms with van der Waals surface area (Å²) in [6, 6.07) is 14.0. The molecule has 0 radical (unpaired) electrons. The Balaban J connectivity index is 1.59. The second-order valence-electron chi connectivity index (χ2n) is 7.58. The molecule has 1 heterocycles. The molecule has 29 heavy (non-hydrogen) atoms. The number of nitrogens with zero attached hydrogens (tertiary/aromatic N) is 3. The number of rotatable bonds is 5. The Labute approximate surface area is 169 Å². The number of aryl methyl sites for hydroxylation is 1. The van der Waals surface area contributed by atoms with E-state index in [4.69, 9.17) is 4.52 Å². The molecular weight excluding hydrogens is 369 g/mol. The van der Waals surface area contributed by atoms with Crippen LogP contribution in [0.5, 0.6) is 0 Å². The van der Waals surface area contributed by atoms with Crippen molar-refractivity contribution in [3.8, 4) is 11.4 Å². The number of aromatic nitrogens is 2. The standard InChI is InChI=1S/C23H24FN3O2/c1-16-11-13-17(14-12-16)22-25-21(29-26-22)15-27(18-7-3-2-4-8-18)23(28)19-9-5-6-10-20(19)24/h5-6,9-14,18H,2-4,7-8,15H2,1H3. The van der Waals surface area contributed by atoms with E-state index in [1.807, 2.05) is 31.2 Å². The summed E-state index contributed by atoms with van der Waals surface area (Å²) in [6.45, 7) is 2.19. The van der Waals surface area contributed by atoms with E-state index in [1.165, 1.54) is 12.1 Å². The zero-order valence-electron chi connectivity index (χ0n) is 16.5. The predicted molar refractivity (Wildman–Crippen MR) is 108 cm³/mol. The number of carbonyl (C=O) groups is 1. The van der Waals surface area contributed by atoms with Gasteiger partial charge in [0.1, 0.15) is 12.4 Å². The van der Waals surface area contributed by atoms with Crippen LogP contribution in [-0.2, 0) is 6.54 Å². The van der Waals surface area contributed by atoms with Gasteiger partial charge in [-0.2, -0.15) is 4.98 Å². The quantitative estimate of drug-likeness (QED) is 0.601. The van der Waals surface area contributed by atoms with E-state index in [-0.39, 0.29) is 24.1 Å². The van der Waals surface area contributed by atoms with Crippen LogP contribution in [0, 0.1) is 12.7 Å². The third kappa shape index (κ3) is 4.36. The predicted octanol–water partition coefficient (Wildman–Crippen LogP) is 5.16. The molecule has 1 fully saturated rings. The maximum absolute atomic E-state index is 14.3. The van der Waals surface area contributed by atoms with Crippen LogP contribution in [0.2, 0.25) is 0 Å². The zero-order chi connectivity index (χ0) is 20.2. The van der Waals surface area contributed by atoms with Crippen LogP contribution in [-0.4, -0.2) is 27.0 Å². The highest BCUT2D eigenvalue weighted by atomic mass is 19.1. The van der Waals surface area contributed by atoms with Gasteiger partial charge in [-0.05, 0) is 31.9 Å². The maximum atomic E-state index is 14.3. The summed E-state index contributed by atoms with van der Waals surface area (Å²) in [5.41, 5.74) is 2.09. The third-order valence-corrected chi connectivity index (χ3v) is 5.46. The smallest absolute Gasteiger partial charge is 0.257 e. The van der Waals surface area contributed by atoms with Crippen molar-refractivity contribution >= 4 is 5.91 Å². The van der Waals surface area contributed by atoms with E-state index in [1.54, 1.807) is 17.0 Å². The molecule has 0 saturated heterocycles. The molecule has 5 nitrogen and oxygen atoms in total. The Morgan fingerprint density at radius 1 is 1.10 bits per heavy atom. The zero-order valence-corrected chi connectivity index (χ0v) is 16.5. The summed E-state index contributed by atoms with van der Waals surface area (Å²) >= 11 is 0. The molecular formula is C23H24FN3O2. The molecule has 1 amide bonds. The van der Waals surface area contributed by atoms with Crippen molar-refractivity contribution in [3.63, 3.8) is 0 Å². The second-order valence-corrected chi connectivity index (χ2v) is 7.58. The lowest BCUT2D eigenvalue weighted by atomic mass is 9.93. The Kier molecular flexibility index (Phi) is 5.69. The molecule has 3 aromatic rings. The highest BCUT2D eigenvalue weighted by molar-refractivity contribution is 5.94. The molecule has 1 saturated carbocycles. The van der Waals surface area contributed by atoms with Gasteiger partial charge in [-0.1, -0.05) is 66.4 Å². The van der Waals surface area contributed by atoms with Gasteiger partial charge in [0, 0.05) is 11.6 Å². The van der Waals surface area contributed by atoms with Crippen molar-refractivity contribution < 1.29 is 13.7 Å². The molecule has 0 atom stereocenters. The Hall–Kier alpha value is -3.02. The molecule has 6 heteroatoms. The topological polar surface area (TPSA) is 59.2 Å². The van der Waals surface area contributed by atoms with E-state index < -0.39 is 5.82 Å². The summed E-state index contributed by atoms with van der Waals surface area (Å²) in [7, 11) is 0. The first-order valence-corrected chi connectivity index (χ1v) is 10.1. The first kappa shape index (κ1) is 19.3. The van der Waals surface area contributed by atoms with Crippen LogP contribution in [0.4, 0.5) is 4.39 Å². The minimum atomic E-state index is -0.510. The molecule has 1 aromatic heterocycles. The lowest BCUT2D eigenvalue weighted by molar-refractivity contribution is 0.0581. The van der Waals surface area contributed by atoms with Gasteiger partial charge in [-0.3, -0.25) is 4.79 Å². The maximum Gasteiger partial charge on any atom is 0.257 e.